The topological polar surface area (TPSA) is 12.0 Å². The van der Waals surface area contributed by atoms with Gasteiger partial charge >= 0.3 is 0 Å². The molecule has 0 radical (unpaired) electrons. The van der Waals surface area contributed by atoms with Gasteiger partial charge in [0, 0.05) is 18.3 Å². The number of thioether (sulfide) groups is 1. The van der Waals surface area contributed by atoms with E-state index in [-0.39, 0.29) is 0 Å². The second-order valence-corrected chi connectivity index (χ2v) is 6.88. The lowest BCUT2D eigenvalue weighted by Crippen LogP contribution is -2.46. The number of nitrogens with one attached hydrogen (secondary N) is 1. The summed E-state index contributed by atoms with van der Waals surface area (Å²) in [6, 6.07) is 9.48. The van der Waals surface area contributed by atoms with E-state index in [2.05, 4.69) is 62.1 Å². The summed E-state index contributed by atoms with van der Waals surface area (Å²) in [6.07, 6.45) is 1.32. The lowest BCUT2D eigenvalue weighted by atomic mass is 9.82. The number of hydrogen-bond acceptors (Lipinski definition) is 2. The van der Waals surface area contributed by atoms with Gasteiger partial charge in [0.15, 0.2) is 0 Å². The van der Waals surface area contributed by atoms with Crippen LogP contribution in [0.15, 0.2) is 24.3 Å². The zero-order valence-electron chi connectivity index (χ0n) is 11.1. The van der Waals surface area contributed by atoms with Crippen molar-refractivity contribution in [2.45, 2.75) is 39.8 Å². The van der Waals surface area contributed by atoms with Crippen LogP contribution in [-0.2, 0) is 6.54 Å². The normalized spacial score (nSPS) is 23.6. The fourth-order valence-corrected chi connectivity index (χ4v) is 3.86. The van der Waals surface area contributed by atoms with Crippen molar-refractivity contribution in [3.8, 4) is 0 Å². The maximum Gasteiger partial charge on any atom is 0.0212 e. The summed E-state index contributed by atoms with van der Waals surface area (Å²) in [5, 5.41) is 3.73. The summed E-state index contributed by atoms with van der Waals surface area (Å²) < 4.78 is 0. The summed E-state index contributed by atoms with van der Waals surface area (Å²) in [5.41, 5.74) is 3.17. The summed E-state index contributed by atoms with van der Waals surface area (Å²) in [6.45, 7) is 7.91. The van der Waals surface area contributed by atoms with Gasteiger partial charge in [0.25, 0.3) is 0 Å². The average molecular weight is 249 g/mol. The molecule has 94 valence electrons. The minimum Gasteiger partial charge on any atom is -0.309 e. The van der Waals surface area contributed by atoms with Crippen molar-refractivity contribution >= 4 is 11.8 Å². The van der Waals surface area contributed by atoms with Crippen LogP contribution in [0.4, 0.5) is 0 Å². The monoisotopic (exact) mass is 249 g/mol. The molecule has 1 aromatic carbocycles. The van der Waals surface area contributed by atoms with Gasteiger partial charge in [-0.1, -0.05) is 43.7 Å². The van der Waals surface area contributed by atoms with Gasteiger partial charge in [-0.3, -0.25) is 0 Å². The fraction of sp³-hybridized carbons (Fsp3) is 0.600. The standard InChI is InChI=1S/C15H23NS/c1-12-4-6-13(7-5-12)10-16-14-11-17-9-8-15(14,2)3/h4-7,14,16H,8-11H2,1-3H3. The third-order valence-corrected chi connectivity index (χ3v) is 4.85. The van der Waals surface area contributed by atoms with Gasteiger partial charge in [0.05, 0.1) is 0 Å². The van der Waals surface area contributed by atoms with Gasteiger partial charge in [-0.25, -0.2) is 0 Å². The minimum absolute atomic E-state index is 0.440. The van der Waals surface area contributed by atoms with Crippen LogP contribution in [0.3, 0.4) is 0 Å². The van der Waals surface area contributed by atoms with Crippen LogP contribution in [0.2, 0.25) is 0 Å². The highest BCUT2D eigenvalue weighted by Crippen LogP contribution is 2.34. The Morgan fingerprint density at radius 3 is 2.65 bits per heavy atom. The zero-order valence-corrected chi connectivity index (χ0v) is 11.9. The third-order valence-electron chi connectivity index (χ3n) is 3.79. The second kappa shape index (κ2) is 5.45. The highest BCUT2D eigenvalue weighted by atomic mass is 32.2. The van der Waals surface area contributed by atoms with Crippen LogP contribution >= 0.6 is 11.8 Å². The SMILES string of the molecule is Cc1ccc(CNC2CSCCC2(C)C)cc1. The molecule has 0 spiro atoms. The molecule has 0 aromatic heterocycles. The van der Waals surface area contributed by atoms with E-state index < -0.39 is 0 Å². The van der Waals surface area contributed by atoms with Gasteiger partial charge < -0.3 is 5.32 Å². The molecule has 1 atom stereocenters. The Bertz CT molecular complexity index is 356. The van der Waals surface area contributed by atoms with Gasteiger partial charge in [-0.05, 0) is 30.1 Å². The second-order valence-electron chi connectivity index (χ2n) is 5.73. The lowest BCUT2D eigenvalue weighted by molar-refractivity contribution is 0.245. The molecule has 1 unspecified atom stereocenters. The van der Waals surface area contributed by atoms with E-state index >= 15 is 0 Å². The molecule has 0 saturated carbocycles. The van der Waals surface area contributed by atoms with Crippen molar-refractivity contribution in [2.24, 2.45) is 5.41 Å². The smallest absolute Gasteiger partial charge is 0.0212 e. The first kappa shape index (κ1) is 13.0. The van der Waals surface area contributed by atoms with Crippen molar-refractivity contribution in [1.29, 1.82) is 0 Å². The highest BCUT2D eigenvalue weighted by molar-refractivity contribution is 7.99. The van der Waals surface area contributed by atoms with Gasteiger partial charge in [-0.2, -0.15) is 11.8 Å². The maximum absolute atomic E-state index is 3.73. The molecule has 1 aromatic rings. The number of rotatable bonds is 3. The molecule has 1 aliphatic heterocycles. The minimum atomic E-state index is 0.440. The number of benzene rings is 1. The van der Waals surface area contributed by atoms with E-state index in [1.807, 2.05) is 0 Å². The molecule has 17 heavy (non-hydrogen) atoms. The summed E-state index contributed by atoms with van der Waals surface area (Å²) in [4.78, 5) is 0. The van der Waals surface area contributed by atoms with E-state index in [9.17, 15) is 0 Å². The molecule has 1 heterocycles. The molecule has 1 nitrogen and oxygen atoms in total. The van der Waals surface area contributed by atoms with Crippen LogP contribution < -0.4 is 5.32 Å². The van der Waals surface area contributed by atoms with E-state index in [0.29, 0.717) is 11.5 Å². The van der Waals surface area contributed by atoms with Crippen LogP contribution in [-0.4, -0.2) is 17.5 Å². The molecule has 2 rings (SSSR count). The van der Waals surface area contributed by atoms with Crippen molar-refractivity contribution in [2.75, 3.05) is 11.5 Å². The predicted molar refractivity (Wildman–Crippen MR) is 77.5 cm³/mol. The molecule has 2 heteroatoms. The van der Waals surface area contributed by atoms with Crippen LogP contribution in [0.5, 0.6) is 0 Å². The molecule has 1 saturated heterocycles. The molecular formula is C15H23NS. The third kappa shape index (κ3) is 3.49. The van der Waals surface area contributed by atoms with E-state index in [4.69, 9.17) is 0 Å². The molecule has 0 amide bonds. The largest absolute Gasteiger partial charge is 0.309 e. The molecular weight excluding hydrogens is 226 g/mol. The molecule has 1 N–H and O–H groups in total. The first-order valence-electron chi connectivity index (χ1n) is 6.44. The van der Waals surface area contributed by atoms with Crippen molar-refractivity contribution in [1.82, 2.24) is 5.32 Å². The van der Waals surface area contributed by atoms with Crippen LogP contribution in [0, 0.1) is 12.3 Å². The van der Waals surface area contributed by atoms with Crippen molar-refractivity contribution in [3.63, 3.8) is 0 Å². The average Bonchev–Trinajstić information content (AvgIpc) is 2.29. The molecule has 1 fully saturated rings. The quantitative estimate of drug-likeness (QED) is 0.878. The van der Waals surface area contributed by atoms with E-state index in [1.165, 1.54) is 29.1 Å². The Hall–Kier alpha value is -0.470. The highest BCUT2D eigenvalue weighted by Gasteiger charge is 2.31. The van der Waals surface area contributed by atoms with Gasteiger partial charge in [0.2, 0.25) is 0 Å². The first-order chi connectivity index (χ1) is 8.08. The first-order valence-corrected chi connectivity index (χ1v) is 7.60. The summed E-state index contributed by atoms with van der Waals surface area (Å²) in [5.74, 6) is 2.56. The van der Waals surface area contributed by atoms with Crippen molar-refractivity contribution < 1.29 is 0 Å². The molecule has 0 bridgehead atoms. The van der Waals surface area contributed by atoms with Gasteiger partial charge in [0.1, 0.15) is 0 Å². The van der Waals surface area contributed by atoms with E-state index in [0.717, 1.165) is 6.54 Å². The van der Waals surface area contributed by atoms with Crippen LogP contribution in [0.25, 0.3) is 0 Å². The Labute approximate surface area is 109 Å². The molecule has 1 aliphatic rings. The summed E-state index contributed by atoms with van der Waals surface area (Å²) >= 11 is 2.08. The summed E-state index contributed by atoms with van der Waals surface area (Å²) in [7, 11) is 0. The predicted octanol–water partition coefficient (Wildman–Crippen LogP) is 3.62. The zero-order chi connectivity index (χ0) is 12.3. The Morgan fingerprint density at radius 2 is 2.00 bits per heavy atom. The van der Waals surface area contributed by atoms with Crippen molar-refractivity contribution in [3.05, 3.63) is 35.4 Å². The van der Waals surface area contributed by atoms with Gasteiger partial charge in [-0.15, -0.1) is 0 Å². The Balaban J connectivity index is 1.91. The molecule has 0 aliphatic carbocycles. The number of aryl methyl sites for hydroxylation is 1. The maximum atomic E-state index is 3.73. The Morgan fingerprint density at radius 1 is 1.29 bits per heavy atom. The number of hydrogen-bond donors (Lipinski definition) is 1. The Kier molecular flexibility index (Phi) is 4.16. The van der Waals surface area contributed by atoms with E-state index in [1.54, 1.807) is 0 Å². The fourth-order valence-electron chi connectivity index (χ4n) is 2.22. The lowest BCUT2D eigenvalue weighted by Gasteiger charge is -2.39. The van der Waals surface area contributed by atoms with Crippen LogP contribution in [0.1, 0.15) is 31.4 Å².